The lowest BCUT2D eigenvalue weighted by molar-refractivity contribution is -0.145. The molecule has 0 heterocycles. The van der Waals surface area contributed by atoms with Crippen molar-refractivity contribution in [1.82, 2.24) is 4.90 Å². The van der Waals surface area contributed by atoms with Gasteiger partial charge in [-0.25, -0.2) is 0 Å². The Morgan fingerprint density at radius 2 is 1.38 bits per heavy atom. The highest BCUT2D eigenvalue weighted by Gasteiger charge is 2.38. The van der Waals surface area contributed by atoms with E-state index in [-0.39, 0.29) is 6.07 Å². The van der Waals surface area contributed by atoms with Crippen molar-refractivity contribution in [3.05, 3.63) is 34.9 Å². The van der Waals surface area contributed by atoms with Crippen LogP contribution >= 0.6 is 0 Å². The van der Waals surface area contributed by atoms with Gasteiger partial charge in [0.2, 0.25) is 0 Å². The molecule has 1 atom stereocenters. The van der Waals surface area contributed by atoms with E-state index in [2.05, 4.69) is 0 Å². The van der Waals surface area contributed by atoms with Gasteiger partial charge < -0.3 is 5.11 Å². The highest BCUT2D eigenvalue weighted by atomic mass is 19.4. The predicted octanol–water partition coefficient (Wildman–Crippen LogP) is 3.41. The molecule has 0 saturated carbocycles. The number of carbonyl (C=O) groups is 1. The Kier molecular flexibility index (Phi) is 4.57. The summed E-state index contributed by atoms with van der Waals surface area (Å²) in [4.78, 5) is 12.1. The van der Waals surface area contributed by atoms with Crippen LogP contribution in [0.25, 0.3) is 0 Å². The molecule has 0 amide bonds. The standard InChI is InChI=1S/C12H11F6NO2/c1-19(2)9(10(20)21)6-3-7(11(13,14)15)5-8(4-6)12(16,17)18/h3-5,9H,1-2H3,(H,20,21). The van der Waals surface area contributed by atoms with Gasteiger partial charge in [-0.15, -0.1) is 0 Å². The molecule has 118 valence electrons. The second-order valence-electron chi connectivity index (χ2n) is 4.54. The van der Waals surface area contributed by atoms with Gasteiger partial charge in [-0.2, -0.15) is 26.3 Å². The maximum atomic E-state index is 12.7. The Bertz CT molecular complexity index is 503. The minimum atomic E-state index is -5.01. The first-order chi connectivity index (χ1) is 9.34. The molecule has 1 rings (SSSR count). The molecule has 0 spiro atoms. The average molecular weight is 315 g/mol. The van der Waals surface area contributed by atoms with Crippen molar-refractivity contribution in [1.29, 1.82) is 0 Å². The zero-order chi connectivity index (χ0) is 16.6. The van der Waals surface area contributed by atoms with Gasteiger partial charge >= 0.3 is 18.3 Å². The van der Waals surface area contributed by atoms with Gasteiger partial charge in [0.15, 0.2) is 0 Å². The summed E-state index contributed by atoms with van der Waals surface area (Å²) >= 11 is 0. The second-order valence-corrected chi connectivity index (χ2v) is 4.54. The molecule has 1 aromatic carbocycles. The van der Waals surface area contributed by atoms with Crippen molar-refractivity contribution in [3.8, 4) is 0 Å². The average Bonchev–Trinajstić information content (AvgIpc) is 2.25. The first-order valence-corrected chi connectivity index (χ1v) is 5.52. The molecule has 0 saturated heterocycles. The zero-order valence-electron chi connectivity index (χ0n) is 10.9. The van der Waals surface area contributed by atoms with Crippen molar-refractivity contribution >= 4 is 5.97 Å². The molecule has 0 fully saturated rings. The lowest BCUT2D eigenvalue weighted by Crippen LogP contribution is -2.28. The number of likely N-dealkylation sites (N-methyl/N-ethyl adjacent to an activating group) is 1. The largest absolute Gasteiger partial charge is 0.480 e. The van der Waals surface area contributed by atoms with Crippen LogP contribution in [0.4, 0.5) is 26.3 Å². The fraction of sp³-hybridized carbons (Fsp3) is 0.417. The van der Waals surface area contributed by atoms with E-state index >= 15 is 0 Å². The molecule has 0 aromatic heterocycles. The van der Waals surface area contributed by atoms with Gasteiger partial charge in [0, 0.05) is 0 Å². The molecule has 3 nitrogen and oxygen atoms in total. The number of carboxylic acids is 1. The van der Waals surface area contributed by atoms with Crippen molar-refractivity contribution < 1.29 is 36.2 Å². The highest BCUT2D eigenvalue weighted by molar-refractivity contribution is 5.75. The SMILES string of the molecule is CN(C)C(C(=O)O)c1cc(C(F)(F)F)cc(C(F)(F)F)c1. The third-order valence-electron chi connectivity index (χ3n) is 2.68. The third-order valence-corrected chi connectivity index (χ3v) is 2.68. The fourth-order valence-corrected chi connectivity index (χ4v) is 1.80. The van der Waals surface area contributed by atoms with Crippen LogP contribution < -0.4 is 0 Å². The van der Waals surface area contributed by atoms with Gasteiger partial charge in [0.25, 0.3) is 0 Å². The topological polar surface area (TPSA) is 40.5 Å². The molecule has 1 unspecified atom stereocenters. The molecule has 9 heteroatoms. The summed E-state index contributed by atoms with van der Waals surface area (Å²) in [5.74, 6) is -1.55. The van der Waals surface area contributed by atoms with Gasteiger partial charge in [0.1, 0.15) is 6.04 Å². The summed E-state index contributed by atoms with van der Waals surface area (Å²) in [5.41, 5.74) is -3.67. The third kappa shape index (κ3) is 4.10. The number of carboxylic acid groups (broad SMARTS) is 1. The minimum absolute atomic E-state index is 0.0436. The van der Waals surface area contributed by atoms with E-state index in [1.807, 2.05) is 0 Å². The molecule has 0 aliphatic rings. The van der Waals surface area contributed by atoms with Crippen LogP contribution in [-0.4, -0.2) is 30.1 Å². The van der Waals surface area contributed by atoms with Gasteiger partial charge in [-0.1, -0.05) is 0 Å². The number of benzene rings is 1. The lowest BCUT2D eigenvalue weighted by Gasteiger charge is -2.22. The number of rotatable bonds is 3. The van der Waals surface area contributed by atoms with Gasteiger partial charge in [-0.05, 0) is 37.9 Å². The maximum Gasteiger partial charge on any atom is 0.416 e. The van der Waals surface area contributed by atoms with Crippen LogP contribution in [0.15, 0.2) is 18.2 Å². The zero-order valence-corrected chi connectivity index (χ0v) is 10.9. The summed E-state index contributed by atoms with van der Waals surface area (Å²) < 4.78 is 76.0. The Morgan fingerprint density at radius 3 is 1.62 bits per heavy atom. The summed E-state index contributed by atoms with van der Waals surface area (Å²) in [7, 11) is 2.48. The van der Waals surface area contributed by atoms with E-state index in [0.29, 0.717) is 12.1 Å². The van der Waals surface area contributed by atoms with Crippen LogP contribution in [0.2, 0.25) is 0 Å². The molecule has 1 N–H and O–H groups in total. The molecule has 0 aliphatic heterocycles. The Morgan fingerprint density at radius 1 is 1.00 bits per heavy atom. The molecule has 0 bridgehead atoms. The summed E-state index contributed by atoms with van der Waals surface area (Å²) in [5, 5.41) is 8.98. The van der Waals surface area contributed by atoms with Crippen molar-refractivity contribution in [3.63, 3.8) is 0 Å². The maximum absolute atomic E-state index is 12.7. The number of hydrogen-bond donors (Lipinski definition) is 1. The van der Waals surface area contributed by atoms with E-state index in [0.717, 1.165) is 4.90 Å². The van der Waals surface area contributed by atoms with Crippen molar-refractivity contribution in [2.75, 3.05) is 14.1 Å². The van der Waals surface area contributed by atoms with Gasteiger partial charge in [0.05, 0.1) is 11.1 Å². The van der Waals surface area contributed by atoms with Crippen LogP contribution in [0.1, 0.15) is 22.7 Å². The minimum Gasteiger partial charge on any atom is -0.480 e. The monoisotopic (exact) mass is 315 g/mol. The van der Waals surface area contributed by atoms with E-state index < -0.39 is 41.1 Å². The van der Waals surface area contributed by atoms with Crippen molar-refractivity contribution in [2.45, 2.75) is 18.4 Å². The first kappa shape index (κ1) is 17.3. The number of alkyl halides is 6. The Labute approximate surface area is 115 Å². The second kappa shape index (κ2) is 5.55. The van der Waals surface area contributed by atoms with Gasteiger partial charge in [-0.3, -0.25) is 9.69 Å². The quantitative estimate of drug-likeness (QED) is 0.869. The molecule has 0 aliphatic carbocycles. The smallest absolute Gasteiger partial charge is 0.416 e. The lowest BCUT2D eigenvalue weighted by atomic mass is 9.99. The van der Waals surface area contributed by atoms with E-state index in [4.69, 9.17) is 5.11 Å². The molecular formula is C12H11F6NO2. The van der Waals surface area contributed by atoms with Crippen LogP contribution in [0.3, 0.4) is 0 Å². The normalized spacial score (nSPS) is 14.3. The number of nitrogens with zero attached hydrogens (tertiary/aromatic N) is 1. The van der Waals surface area contributed by atoms with Crippen molar-refractivity contribution in [2.24, 2.45) is 0 Å². The first-order valence-electron chi connectivity index (χ1n) is 5.52. The summed E-state index contributed by atoms with van der Waals surface area (Å²) in [6.07, 6.45) is -10.0. The van der Waals surface area contributed by atoms with Crippen LogP contribution in [0, 0.1) is 0 Å². The van der Waals surface area contributed by atoms with Crippen LogP contribution in [-0.2, 0) is 17.1 Å². The van der Waals surface area contributed by atoms with E-state index in [1.54, 1.807) is 0 Å². The fourth-order valence-electron chi connectivity index (χ4n) is 1.80. The number of hydrogen-bond acceptors (Lipinski definition) is 2. The van der Waals surface area contributed by atoms with E-state index in [9.17, 15) is 31.1 Å². The Balaban J connectivity index is 3.55. The van der Waals surface area contributed by atoms with Crippen LogP contribution in [0.5, 0.6) is 0 Å². The summed E-state index contributed by atoms with van der Waals surface area (Å²) in [6, 6.07) is -0.839. The molecule has 21 heavy (non-hydrogen) atoms. The molecule has 1 aromatic rings. The highest BCUT2D eigenvalue weighted by Crippen LogP contribution is 2.38. The summed E-state index contributed by atoms with van der Waals surface area (Å²) in [6.45, 7) is 0. The molecular weight excluding hydrogens is 304 g/mol. The van der Waals surface area contributed by atoms with E-state index in [1.165, 1.54) is 14.1 Å². The molecule has 0 radical (unpaired) electrons. The number of halogens is 6. The number of aliphatic carboxylic acids is 1. The Hall–Kier alpha value is -1.77. The predicted molar refractivity (Wildman–Crippen MR) is 60.5 cm³/mol.